The molecule has 0 atom stereocenters. The standard InChI is InChI=1S/C37H23N3/c1-3-10-24(11-4-1)28-20-29(25-12-5-2-6-13-25)22-30(21-28)36-37-32(31-15-7-8-16-33(31)39-36)23-27-18-17-26-14-9-19-38-34(26)35(27)40-37/h1-23H. The van der Waals surface area contributed by atoms with Crippen LogP contribution in [0.1, 0.15) is 0 Å². The number of rotatable bonds is 3. The monoisotopic (exact) mass is 509 g/mol. The zero-order valence-electron chi connectivity index (χ0n) is 21.6. The second-order valence-electron chi connectivity index (χ2n) is 10.1. The minimum atomic E-state index is 0.874. The van der Waals surface area contributed by atoms with E-state index in [2.05, 4.69) is 121 Å². The summed E-state index contributed by atoms with van der Waals surface area (Å²) in [5.74, 6) is 0. The highest BCUT2D eigenvalue weighted by atomic mass is 14.8. The molecule has 0 spiro atoms. The molecule has 0 aliphatic carbocycles. The van der Waals surface area contributed by atoms with Crippen LogP contribution >= 0.6 is 0 Å². The van der Waals surface area contributed by atoms with Gasteiger partial charge in [0.15, 0.2) is 0 Å². The zero-order valence-corrected chi connectivity index (χ0v) is 21.6. The van der Waals surface area contributed by atoms with Crippen LogP contribution < -0.4 is 0 Å². The number of pyridine rings is 3. The Labute approximate surface area is 231 Å². The number of hydrogen-bond acceptors (Lipinski definition) is 3. The third kappa shape index (κ3) is 3.71. The molecule has 8 aromatic rings. The quantitative estimate of drug-likeness (QED) is 0.176. The third-order valence-electron chi connectivity index (χ3n) is 7.63. The lowest BCUT2D eigenvalue weighted by Gasteiger charge is -2.14. The molecule has 40 heavy (non-hydrogen) atoms. The first-order valence-electron chi connectivity index (χ1n) is 13.5. The molecule has 0 aliphatic rings. The van der Waals surface area contributed by atoms with Crippen molar-refractivity contribution in [2.75, 3.05) is 0 Å². The SMILES string of the molecule is c1ccc(-c2cc(-c3ccccc3)cc(-c3nc4ccccc4c4cc5ccc6cccnc6c5nc34)c2)cc1. The van der Waals surface area contributed by atoms with E-state index < -0.39 is 0 Å². The highest BCUT2D eigenvalue weighted by Gasteiger charge is 2.16. The van der Waals surface area contributed by atoms with Crippen molar-refractivity contribution < 1.29 is 0 Å². The van der Waals surface area contributed by atoms with Crippen molar-refractivity contribution in [3.8, 4) is 33.5 Å². The molecule has 186 valence electrons. The topological polar surface area (TPSA) is 38.7 Å². The van der Waals surface area contributed by atoms with Gasteiger partial charge in [-0.2, -0.15) is 0 Å². The van der Waals surface area contributed by atoms with Crippen LogP contribution in [0.2, 0.25) is 0 Å². The predicted molar refractivity (Wildman–Crippen MR) is 166 cm³/mol. The van der Waals surface area contributed by atoms with E-state index in [1.165, 1.54) is 11.1 Å². The number of hydrogen-bond donors (Lipinski definition) is 0. The highest BCUT2D eigenvalue weighted by molar-refractivity contribution is 6.15. The van der Waals surface area contributed by atoms with E-state index in [9.17, 15) is 0 Å². The van der Waals surface area contributed by atoms with Gasteiger partial charge in [0.25, 0.3) is 0 Å². The molecule has 3 nitrogen and oxygen atoms in total. The first kappa shape index (κ1) is 22.6. The summed E-state index contributed by atoms with van der Waals surface area (Å²) >= 11 is 0. The van der Waals surface area contributed by atoms with E-state index in [4.69, 9.17) is 15.0 Å². The fourth-order valence-electron chi connectivity index (χ4n) is 5.69. The predicted octanol–water partition coefficient (Wildman–Crippen LogP) is 9.49. The molecule has 3 heterocycles. The van der Waals surface area contributed by atoms with Gasteiger partial charge in [-0.3, -0.25) is 4.98 Å². The van der Waals surface area contributed by atoms with Crippen molar-refractivity contribution in [3.05, 3.63) is 140 Å². The van der Waals surface area contributed by atoms with Gasteiger partial charge in [0.1, 0.15) is 0 Å². The Morgan fingerprint density at radius 3 is 1.77 bits per heavy atom. The third-order valence-corrected chi connectivity index (χ3v) is 7.63. The summed E-state index contributed by atoms with van der Waals surface area (Å²) in [4.78, 5) is 15.3. The number of nitrogens with zero attached hydrogens (tertiary/aromatic N) is 3. The second kappa shape index (κ2) is 9.11. The molecule has 8 rings (SSSR count). The van der Waals surface area contributed by atoms with Crippen molar-refractivity contribution in [3.63, 3.8) is 0 Å². The first-order chi connectivity index (χ1) is 19.8. The maximum absolute atomic E-state index is 5.31. The van der Waals surface area contributed by atoms with E-state index >= 15 is 0 Å². The molecule has 0 saturated heterocycles. The molecule has 0 aliphatic heterocycles. The van der Waals surface area contributed by atoms with Gasteiger partial charge in [-0.05, 0) is 58.7 Å². The number of benzene rings is 5. The summed E-state index contributed by atoms with van der Waals surface area (Å²) in [7, 11) is 0. The van der Waals surface area contributed by atoms with Crippen molar-refractivity contribution in [1.82, 2.24) is 15.0 Å². The van der Waals surface area contributed by atoms with Gasteiger partial charge in [0.2, 0.25) is 0 Å². The fraction of sp³-hybridized carbons (Fsp3) is 0. The molecule has 0 radical (unpaired) electrons. The molecule has 0 fully saturated rings. The Bertz CT molecular complexity index is 2150. The maximum Gasteiger partial charge on any atom is 0.0980 e. The van der Waals surface area contributed by atoms with Gasteiger partial charge in [-0.25, -0.2) is 9.97 Å². The minimum absolute atomic E-state index is 0.874. The summed E-state index contributed by atoms with van der Waals surface area (Å²) in [6, 6.07) is 46.7. The van der Waals surface area contributed by atoms with E-state index in [-0.39, 0.29) is 0 Å². The Morgan fingerprint density at radius 1 is 0.375 bits per heavy atom. The van der Waals surface area contributed by atoms with Crippen LogP contribution in [0.15, 0.2) is 140 Å². The zero-order chi connectivity index (χ0) is 26.5. The largest absolute Gasteiger partial charge is 0.254 e. The van der Waals surface area contributed by atoms with E-state index in [1.807, 2.05) is 18.3 Å². The number of fused-ring (bicyclic) bond motifs is 6. The Hall–Kier alpha value is -5.41. The van der Waals surface area contributed by atoms with Gasteiger partial charge in [-0.1, -0.05) is 97.1 Å². The minimum Gasteiger partial charge on any atom is -0.254 e. The Morgan fingerprint density at radius 2 is 1.02 bits per heavy atom. The van der Waals surface area contributed by atoms with Crippen LogP contribution in [0.4, 0.5) is 0 Å². The van der Waals surface area contributed by atoms with Crippen molar-refractivity contribution in [2.24, 2.45) is 0 Å². The van der Waals surface area contributed by atoms with Crippen molar-refractivity contribution in [2.45, 2.75) is 0 Å². The molecule has 3 aromatic heterocycles. The summed E-state index contributed by atoms with van der Waals surface area (Å²) in [6.45, 7) is 0. The van der Waals surface area contributed by atoms with Gasteiger partial charge < -0.3 is 0 Å². The molecular weight excluding hydrogens is 486 g/mol. The van der Waals surface area contributed by atoms with Gasteiger partial charge in [0, 0.05) is 33.3 Å². The summed E-state index contributed by atoms with van der Waals surface area (Å²) in [5.41, 5.74) is 10.2. The summed E-state index contributed by atoms with van der Waals surface area (Å²) in [6.07, 6.45) is 1.84. The highest BCUT2D eigenvalue weighted by Crippen LogP contribution is 2.38. The molecular formula is C37H23N3. The van der Waals surface area contributed by atoms with Gasteiger partial charge >= 0.3 is 0 Å². The smallest absolute Gasteiger partial charge is 0.0980 e. The average Bonchev–Trinajstić information content (AvgIpc) is 3.04. The number of aromatic nitrogens is 3. The first-order valence-corrected chi connectivity index (χ1v) is 13.5. The molecule has 0 unspecified atom stereocenters. The number of para-hydroxylation sites is 1. The molecule has 5 aromatic carbocycles. The lowest BCUT2D eigenvalue weighted by molar-refractivity contribution is 1.37. The normalized spacial score (nSPS) is 11.5. The van der Waals surface area contributed by atoms with Crippen LogP contribution in [0, 0.1) is 0 Å². The lowest BCUT2D eigenvalue weighted by atomic mass is 9.93. The second-order valence-corrected chi connectivity index (χ2v) is 10.1. The molecule has 0 amide bonds. The van der Waals surface area contributed by atoms with Crippen molar-refractivity contribution >= 4 is 43.6 Å². The van der Waals surface area contributed by atoms with Crippen molar-refractivity contribution in [1.29, 1.82) is 0 Å². The van der Waals surface area contributed by atoms with Crippen LogP contribution in [0.5, 0.6) is 0 Å². The van der Waals surface area contributed by atoms with Crippen LogP contribution in [-0.2, 0) is 0 Å². The molecule has 0 bridgehead atoms. The average molecular weight is 510 g/mol. The molecule has 0 N–H and O–H groups in total. The molecule has 0 saturated carbocycles. The molecule has 3 heteroatoms. The van der Waals surface area contributed by atoms with Crippen LogP contribution in [0.25, 0.3) is 77.1 Å². The van der Waals surface area contributed by atoms with Gasteiger partial charge in [0.05, 0.1) is 27.8 Å². The Kier molecular flexibility index (Phi) is 5.14. The van der Waals surface area contributed by atoms with Crippen LogP contribution in [0.3, 0.4) is 0 Å². The van der Waals surface area contributed by atoms with E-state index in [0.717, 1.165) is 66.0 Å². The summed E-state index contributed by atoms with van der Waals surface area (Å²) < 4.78 is 0. The van der Waals surface area contributed by atoms with Crippen LogP contribution in [-0.4, -0.2) is 15.0 Å². The summed E-state index contributed by atoms with van der Waals surface area (Å²) in [5, 5.41) is 4.34. The van der Waals surface area contributed by atoms with Gasteiger partial charge in [-0.15, -0.1) is 0 Å². The maximum atomic E-state index is 5.31. The Balaban J connectivity index is 1.49. The van der Waals surface area contributed by atoms with E-state index in [1.54, 1.807) is 0 Å². The fourth-order valence-corrected chi connectivity index (χ4v) is 5.69. The van der Waals surface area contributed by atoms with E-state index in [0.29, 0.717) is 0 Å². The lowest BCUT2D eigenvalue weighted by Crippen LogP contribution is -1.95.